The Labute approximate surface area is 120 Å². The number of aliphatic carboxylic acids is 1. The summed E-state index contributed by atoms with van der Waals surface area (Å²) in [5, 5.41) is 13.8. The summed E-state index contributed by atoms with van der Waals surface area (Å²) in [4.78, 5) is 25.5. The fourth-order valence-corrected chi connectivity index (χ4v) is 4.00. The Hall–Kier alpha value is -1.21. The van der Waals surface area contributed by atoms with Gasteiger partial charge in [0.05, 0.1) is 12.4 Å². The van der Waals surface area contributed by atoms with Crippen LogP contribution in [0.4, 0.5) is 4.79 Å². The van der Waals surface area contributed by atoms with Crippen LogP contribution in [0.3, 0.4) is 0 Å². The lowest BCUT2D eigenvalue weighted by molar-refractivity contribution is -0.140. The summed E-state index contributed by atoms with van der Waals surface area (Å²) in [6.45, 7) is 2.54. The van der Waals surface area contributed by atoms with E-state index in [-0.39, 0.29) is 6.03 Å². The number of amides is 2. The van der Waals surface area contributed by atoms with Gasteiger partial charge in [-0.25, -0.2) is 9.59 Å². The van der Waals surface area contributed by atoms with Crippen molar-refractivity contribution in [3.05, 3.63) is 21.9 Å². The zero-order valence-electron chi connectivity index (χ0n) is 10.6. The number of carboxylic acids is 1. The third kappa shape index (κ3) is 3.22. The van der Waals surface area contributed by atoms with Crippen LogP contribution in [0.2, 0.25) is 0 Å². The highest BCUT2D eigenvalue weighted by atomic mass is 32.2. The second-order valence-corrected chi connectivity index (χ2v) is 6.21. The molecule has 0 aliphatic carbocycles. The Morgan fingerprint density at radius 1 is 1.58 bits per heavy atom. The van der Waals surface area contributed by atoms with Crippen molar-refractivity contribution in [3.8, 4) is 0 Å². The van der Waals surface area contributed by atoms with Crippen LogP contribution in [0, 0.1) is 0 Å². The van der Waals surface area contributed by atoms with Crippen molar-refractivity contribution in [1.82, 2.24) is 10.2 Å². The van der Waals surface area contributed by atoms with Crippen molar-refractivity contribution < 1.29 is 14.7 Å². The van der Waals surface area contributed by atoms with Crippen molar-refractivity contribution in [2.45, 2.75) is 25.9 Å². The maximum atomic E-state index is 12.0. The maximum absolute atomic E-state index is 12.0. The number of aryl methyl sites for hydroxylation is 1. The van der Waals surface area contributed by atoms with Gasteiger partial charge in [-0.15, -0.1) is 23.1 Å². The minimum atomic E-state index is -0.939. The fourth-order valence-electron chi connectivity index (χ4n) is 1.94. The number of nitrogens with one attached hydrogen (secondary N) is 1. The van der Waals surface area contributed by atoms with Gasteiger partial charge in [0.1, 0.15) is 6.04 Å². The monoisotopic (exact) mass is 300 g/mol. The molecule has 0 saturated carbocycles. The Morgan fingerprint density at radius 3 is 3.05 bits per heavy atom. The number of nitrogens with zero attached hydrogens (tertiary/aromatic N) is 1. The molecule has 1 saturated heterocycles. The van der Waals surface area contributed by atoms with E-state index in [4.69, 9.17) is 5.11 Å². The topological polar surface area (TPSA) is 69.6 Å². The number of urea groups is 1. The SMILES string of the molecule is CCc1ccsc1CNC(=O)N1CSCC1C(=O)O. The predicted molar refractivity (Wildman–Crippen MR) is 76.5 cm³/mol. The van der Waals surface area contributed by atoms with E-state index in [2.05, 4.69) is 18.3 Å². The van der Waals surface area contributed by atoms with Gasteiger partial charge in [-0.2, -0.15) is 0 Å². The molecule has 0 aromatic carbocycles. The van der Waals surface area contributed by atoms with Crippen molar-refractivity contribution in [3.63, 3.8) is 0 Å². The average Bonchev–Trinajstić information content (AvgIpc) is 3.04. The van der Waals surface area contributed by atoms with Crippen LogP contribution in [-0.4, -0.2) is 39.7 Å². The Morgan fingerprint density at radius 2 is 2.37 bits per heavy atom. The second kappa shape index (κ2) is 6.29. The first kappa shape index (κ1) is 14.2. The molecular weight excluding hydrogens is 284 g/mol. The molecule has 1 atom stereocenters. The molecule has 1 fully saturated rings. The second-order valence-electron chi connectivity index (χ2n) is 4.20. The molecule has 2 N–H and O–H groups in total. The third-order valence-electron chi connectivity index (χ3n) is 3.05. The molecule has 0 bridgehead atoms. The largest absolute Gasteiger partial charge is 0.480 e. The van der Waals surface area contributed by atoms with Crippen LogP contribution in [0.1, 0.15) is 17.4 Å². The summed E-state index contributed by atoms with van der Waals surface area (Å²) in [5.41, 5.74) is 1.23. The van der Waals surface area contributed by atoms with Gasteiger partial charge in [-0.3, -0.25) is 0 Å². The van der Waals surface area contributed by atoms with E-state index in [1.54, 1.807) is 11.3 Å². The van der Waals surface area contributed by atoms with Crippen LogP contribution < -0.4 is 5.32 Å². The van der Waals surface area contributed by atoms with E-state index in [0.29, 0.717) is 18.2 Å². The number of hydrogen-bond donors (Lipinski definition) is 2. The number of carbonyl (C=O) groups is 2. The molecule has 5 nitrogen and oxygen atoms in total. The zero-order chi connectivity index (χ0) is 13.8. The normalized spacial score (nSPS) is 18.6. The lowest BCUT2D eigenvalue weighted by atomic mass is 10.2. The van der Waals surface area contributed by atoms with E-state index >= 15 is 0 Å². The molecule has 7 heteroatoms. The Balaban J connectivity index is 1.92. The molecule has 2 rings (SSSR count). The number of carbonyl (C=O) groups excluding carboxylic acids is 1. The first-order valence-corrected chi connectivity index (χ1v) is 8.07. The van der Waals surface area contributed by atoms with E-state index < -0.39 is 12.0 Å². The van der Waals surface area contributed by atoms with Crippen molar-refractivity contribution in [1.29, 1.82) is 0 Å². The highest BCUT2D eigenvalue weighted by Gasteiger charge is 2.34. The predicted octanol–water partition coefficient (Wildman–Crippen LogP) is 1.98. The number of hydrogen-bond acceptors (Lipinski definition) is 4. The highest BCUT2D eigenvalue weighted by molar-refractivity contribution is 7.99. The van der Waals surface area contributed by atoms with Gasteiger partial charge < -0.3 is 15.3 Å². The van der Waals surface area contributed by atoms with Crippen LogP contribution in [0.5, 0.6) is 0 Å². The molecular formula is C12H16N2O3S2. The van der Waals surface area contributed by atoms with Crippen LogP contribution in [0.25, 0.3) is 0 Å². The summed E-state index contributed by atoms with van der Waals surface area (Å²) in [5.74, 6) is -0.0407. The summed E-state index contributed by atoms with van der Waals surface area (Å²) < 4.78 is 0. The van der Waals surface area contributed by atoms with Gasteiger partial charge in [-0.1, -0.05) is 6.92 Å². The first-order chi connectivity index (χ1) is 9.13. The summed E-state index contributed by atoms with van der Waals surface area (Å²) in [6.07, 6.45) is 0.937. The molecule has 1 aliphatic heterocycles. The lowest BCUT2D eigenvalue weighted by Gasteiger charge is -2.20. The molecule has 0 radical (unpaired) electrons. The third-order valence-corrected chi connectivity index (χ3v) is 5.02. The first-order valence-electron chi connectivity index (χ1n) is 6.03. The molecule has 1 unspecified atom stereocenters. The Kier molecular flexibility index (Phi) is 4.71. The van der Waals surface area contributed by atoms with Crippen molar-refractivity contribution in [2.24, 2.45) is 0 Å². The molecule has 19 heavy (non-hydrogen) atoms. The van der Waals surface area contributed by atoms with E-state index in [9.17, 15) is 9.59 Å². The number of thioether (sulfide) groups is 1. The van der Waals surface area contributed by atoms with Crippen molar-refractivity contribution >= 4 is 35.1 Å². The molecule has 2 heterocycles. The molecule has 2 amide bonds. The number of thiophene rings is 1. The number of carboxylic acid groups (broad SMARTS) is 1. The van der Waals surface area contributed by atoms with E-state index in [1.165, 1.54) is 22.2 Å². The van der Waals surface area contributed by atoms with Gasteiger partial charge in [-0.05, 0) is 23.4 Å². The van der Waals surface area contributed by atoms with E-state index in [1.807, 2.05) is 5.38 Å². The molecule has 0 spiro atoms. The summed E-state index contributed by atoms with van der Waals surface area (Å²) in [7, 11) is 0. The minimum Gasteiger partial charge on any atom is -0.480 e. The van der Waals surface area contributed by atoms with Gasteiger partial charge in [0.25, 0.3) is 0 Å². The lowest BCUT2D eigenvalue weighted by Crippen LogP contribution is -2.46. The van der Waals surface area contributed by atoms with Crippen LogP contribution in [0.15, 0.2) is 11.4 Å². The number of rotatable bonds is 4. The van der Waals surface area contributed by atoms with Crippen LogP contribution >= 0.6 is 23.1 Å². The standard InChI is InChI=1S/C12H16N2O3S2/c1-2-8-3-4-19-10(8)5-13-12(17)14-7-18-6-9(14)11(15)16/h3-4,9H,2,5-7H2,1H3,(H,13,17)(H,15,16). The fraction of sp³-hybridized carbons (Fsp3) is 0.500. The smallest absolute Gasteiger partial charge is 0.327 e. The average molecular weight is 300 g/mol. The summed E-state index contributed by atoms with van der Waals surface area (Å²) in [6, 6.07) is 1.05. The molecule has 104 valence electrons. The van der Waals surface area contributed by atoms with Gasteiger partial charge in [0.2, 0.25) is 0 Å². The molecule has 1 aromatic heterocycles. The van der Waals surface area contributed by atoms with E-state index in [0.717, 1.165) is 11.3 Å². The van der Waals surface area contributed by atoms with Crippen molar-refractivity contribution in [2.75, 3.05) is 11.6 Å². The van der Waals surface area contributed by atoms with Gasteiger partial charge >= 0.3 is 12.0 Å². The Bertz CT molecular complexity index is 475. The van der Waals surface area contributed by atoms with Gasteiger partial charge in [0, 0.05) is 10.6 Å². The zero-order valence-corrected chi connectivity index (χ0v) is 12.2. The van der Waals surface area contributed by atoms with Crippen LogP contribution in [-0.2, 0) is 17.8 Å². The molecule has 1 aliphatic rings. The quantitative estimate of drug-likeness (QED) is 0.892. The van der Waals surface area contributed by atoms with Gasteiger partial charge in [0.15, 0.2) is 0 Å². The summed E-state index contributed by atoms with van der Waals surface area (Å²) >= 11 is 3.08. The molecule has 1 aromatic rings. The maximum Gasteiger partial charge on any atom is 0.327 e. The highest BCUT2D eigenvalue weighted by Crippen LogP contribution is 2.21. The minimum absolute atomic E-state index is 0.298.